The summed E-state index contributed by atoms with van der Waals surface area (Å²) in [7, 11) is 0. The van der Waals surface area contributed by atoms with Gasteiger partial charge in [-0.05, 0) is 0 Å². The molecule has 0 rings (SSSR count). The maximum absolute atomic E-state index is 0. The van der Waals surface area contributed by atoms with Crippen LogP contribution in [0.25, 0.3) is 0 Å². The SMILES string of the molecule is Cl.N.[Cu].[Zr]. The molecule has 0 spiro atoms. The van der Waals surface area contributed by atoms with E-state index >= 15 is 0 Å². The van der Waals surface area contributed by atoms with Crippen LogP contribution in [0.2, 0.25) is 0 Å². The van der Waals surface area contributed by atoms with Crippen molar-refractivity contribution in [1.29, 1.82) is 0 Å². The summed E-state index contributed by atoms with van der Waals surface area (Å²) in [6.45, 7) is 0. The first-order chi connectivity index (χ1) is 0. The van der Waals surface area contributed by atoms with Gasteiger partial charge in [-0.1, -0.05) is 0 Å². The number of hydrogen-bond donors (Lipinski definition) is 1. The Morgan fingerprint density at radius 2 is 1.00 bits per heavy atom. The van der Waals surface area contributed by atoms with Crippen molar-refractivity contribution < 1.29 is 43.3 Å². The molecule has 0 aliphatic carbocycles. The second-order valence-corrected chi connectivity index (χ2v) is 0. The van der Waals surface area contributed by atoms with Crippen molar-refractivity contribution >= 4 is 12.4 Å². The zero-order valence-electron chi connectivity index (χ0n) is 1.92. The van der Waals surface area contributed by atoms with Crippen LogP contribution in [-0.2, 0) is 43.3 Å². The molecule has 0 aliphatic heterocycles. The van der Waals surface area contributed by atoms with E-state index in [9.17, 15) is 0 Å². The van der Waals surface area contributed by atoms with Gasteiger partial charge in [-0.15, -0.1) is 12.4 Å². The van der Waals surface area contributed by atoms with Crippen LogP contribution in [0.15, 0.2) is 0 Å². The first-order valence-electron chi connectivity index (χ1n) is 0. The van der Waals surface area contributed by atoms with Gasteiger partial charge >= 0.3 is 0 Å². The molecule has 0 aromatic rings. The Kier molecular flexibility index (Phi) is 255. The van der Waals surface area contributed by atoms with Crippen LogP contribution in [0, 0.1) is 0 Å². The zero-order valence-corrected chi connectivity index (χ0v) is 6.13. The van der Waals surface area contributed by atoms with E-state index in [1.807, 2.05) is 0 Å². The molecule has 0 saturated heterocycles. The van der Waals surface area contributed by atoms with Gasteiger partial charge in [-0.2, -0.15) is 0 Å². The van der Waals surface area contributed by atoms with Crippen LogP contribution >= 0.6 is 12.4 Å². The van der Waals surface area contributed by atoms with Gasteiger partial charge in [0.05, 0.1) is 0 Å². The Labute approximate surface area is 61.5 Å². The fourth-order valence-electron chi connectivity index (χ4n) is 0. The van der Waals surface area contributed by atoms with Gasteiger partial charge in [0, 0.05) is 43.3 Å². The van der Waals surface area contributed by atoms with Gasteiger partial charge < -0.3 is 6.15 Å². The van der Waals surface area contributed by atoms with Gasteiger partial charge in [-0.25, -0.2) is 0 Å². The van der Waals surface area contributed by atoms with E-state index in [1.165, 1.54) is 0 Å². The molecule has 0 atom stereocenters. The van der Waals surface area contributed by atoms with Crippen molar-refractivity contribution in [2.45, 2.75) is 0 Å². The third-order valence-electron chi connectivity index (χ3n) is 0. The molecule has 0 bridgehead atoms. The normalized spacial score (nSPS) is 0. The average molecular weight is 208 g/mol. The molecular formula is H4ClCuNZr. The summed E-state index contributed by atoms with van der Waals surface area (Å²) in [6, 6.07) is 0. The molecule has 0 aromatic heterocycles. The first-order valence-corrected chi connectivity index (χ1v) is 0. The average Bonchev–Trinajstić information content (AvgIpc) is 0. The van der Waals surface area contributed by atoms with Crippen LogP contribution in [0.3, 0.4) is 0 Å². The Balaban J connectivity index is 0. The predicted octanol–water partition coefficient (Wildman–Crippen LogP) is 0.579. The molecule has 0 unspecified atom stereocenters. The molecule has 1 nitrogen and oxygen atoms in total. The minimum Gasteiger partial charge on any atom is -0.344 e. The van der Waals surface area contributed by atoms with Crippen LogP contribution in [0.1, 0.15) is 0 Å². The second kappa shape index (κ2) is 22.7. The van der Waals surface area contributed by atoms with Crippen LogP contribution < -0.4 is 6.15 Å². The molecule has 0 heterocycles. The summed E-state index contributed by atoms with van der Waals surface area (Å²) in [5.41, 5.74) is 0. The van der Waals surface area contributed by atoms with E-state index in [2.05, 4.69) is 0 Å². The Hall–Kier alpha value is 1.65. The molecule has 4 heteroatoms. The van der Waals surface area contributed by atoms with Gasteiger partial charge in [0.25, 0.3) is 0 Å². The molecule has 4 heavy (non-hydrogen) atoms. The van der Waals surface area contributed by atoms with Crippen molar-refractivity contribution in [3.8, 4) is 0 Å². The third-order valence-corrected chi connectivity index (χ3v) is 0. The molecule has 0 saturated carbocycles. The molecule has 0 amide bonds. The number of hydrogen-bond acceptors (Lipinski definition) is 1. The van der Waals surface area contributed by atoms with E-state index in [0.29, 0.717) is 0 Å². The fraction of sp³-hybridized carbons (Fsp3) is 0. The van der Waals surface area contributed by atoms with E-state index < -0.39 is 0 Å². The second-order valence-electron chi connectivity index (χ2n) is 0. The van der Waals surface area contributed by atoms with Crippen LogP contribution in [0.4, 0.5) is 0 Å². The topological polar surface area (TPSA) is 35.0 Å². The minimum absolute atomic E-state index is 0. The Morgan fingerprint density at radius 3 is 1.00 bits per heavy atom. The van der Waals surface area contributed by atoms with Crippen molar-refractivity contribution in [3.05, 3.63) is 0 Å². The smallest absolute Gasteiger partial charge is 0 e. The predicted molar refractivity (Wildman–Crippen MR) is 12.3 cm³/mol. The Morgan fingerprint density at radius 1 is 1.00 bits per heavy atom. The van der Waals surface area contributed by atoms with Crippen LogP contribution in [0.5, 0.6) is 0 Å². The number of rotatable bonds is 0. The summed E-state index contributed by atoms with van der Waals surface area (Å²) in [6.07, 6.45) is 0. The van der Waals surface area contributed by atoms with Crippen molar-refractivity contribution in [2.75, 3.05) is 0 Å². The molecule has 3 N–H and O–H groups in total. The van der Waals surface area contributed by atoms with Gasteiger partial charge in [0.2, 0.25) is 0 Å². The summed E-state index contributed by atoms with van der Waals surface area (Å²) < 4.78 is 0. The molecule has 0 aliphatic rings. The molecule has 0 fully saturated rings. The maximum Gasteiger partial charge on any atom is 0 e. The van der Waals surface area contributed by atoms with Crippen molar-refractivity contribution in [3.63, 3.8) is 0 Å². The fourth-order valence-corrected chi connectivity index (χ4v) is 0. The van der Waals surface area contributed by atoms with Crippen molar-refractivity contribution in [2.24, 2.45) is 0 Å². The van der Waals surface area contributed by atoms with Crippen molar-refractivity contribution in [1.82, 2.24) is 6.15 Å². The first kappa shape index (κ1) is 44.8. The largest absolute Gasteiger partial charge is 0.344 e. The minimum atomic E-state index is 0. The van der Waals surface area contributed by atoms with E-state index in [1.54, 1.807) is 0 Å². The van der Waals surface area contributed by atoms with Crippen LogP contribution in [-0.4, -0.2) is 0 Å². The zero-order chi connectivity index (χ0) is 0. The van der Waals surface area contributed by atoms with E-state index in [0.717, 1.165) is 0 Å². The summed E-state index contributed by atoms with van der Waals surface area (Å²) in [5.74, 6) is 0. The van der Waals surface area contributed by atoms with Gasteiger partial charge in [0.1, 0.15) is 0 Å². The third kappa shape index (κ3) is 9.41. The monoisotopic (exact) mass is 206 g/mol. The van der Waals surface area contributed by atoms with Gasteiger partial charge in [-0.3, -0.25) is 0 Å². The molecule has 1 radical (unpaired) electrons. The summed E-state index contributed by atoms with van der Waals surface area (Å²) in [5, 5.41) is 0. The van der Waals surface area contributed by atoms with E-state index in [-0.39, 0.29) is 61.8 Å². The molecular weight excluding hydrogens is 204 g/mol. The van der Waals surface area contributed by atoms with Gasteiger partial charge in [0.15, 0.2) is 0 Å². The molecule has 31 valence electrons. The van der Waals surface area contributed by atoms with E-state index in [4.69, 9.17) is 0 Å². The maximum atomic E-state index is 0. The standard InChI is InChI=1S/ClH.Cu.H3N.Zr/h1H;;1H3;. The number of halogens is 1. The Bertz CT molecular complexity index is 8.00. The summed E-state index contributed by atoms with van der Waals surface area (Å²) >= 11 is 0. The summed E-state index contributed by atoms with van der Waals surface area (Å²) in [4.78, 5) is 0. The molecule has 0 aromatic carbocycles. The quantitative estimate of drug-likeness (QED) is 0.581.